The molecule has 1 N–H and O–H groups in total. The molecule has 1 unspecified atom stereocenters. The molecule has 0 spiro atoms. The lowest BCUT2D eigenvalue weighted by Crippen LogP contribution is -2.09. The number of benzene rings is 1. The topological polar surface area (TPSA) is 64.5 Å². The molecule has 1 atom stereocenters. The van der Waals surface area contributed by atoms with Crippen LogP contribution in [0.5, 0.6) is 11.5 Å². The number of methoxy groups -OCH3 is 2. The van der Waals surface area contributed by atoms with Gasteiger partial charge in [0.1, 0.15) is 17.6 Å². The van der Waals surface area contributed by atoms with E-state index in [1.807, 2.05) is 19.9 Å². The first-order valence-corrected chi connectivity index (χ1v) is 6.83. The van der Waals surface area contributed by atoms with Crippen LogP contribution in [0.4, 0.5) is 0 Å². The van der Waals surface area contributed by atoms with E-state index in [9.17, 15) is 5.11 Å². The fourth-order valence-electron chi connectivity index (χ4n) is 2.27. The summed E-state index contributed by atoms with van der Waals surface area (Å²) < 4.78 is 10.6. The summed E-state index contributed by atoms with van der Waals surface area (Å²) in [5, 5.41) is 19.0. The van der Waals surface area contributed by atoms with E-state index in [0.717, 1.165) is 17.0 Å². The summed E-state index contributed by atoms with van der Waals surface area (Å²) in [5.41, 5.74) is 2.94. The number of aliphatic hydroxyl groups excluding tert-OH is 1. The maximum atomic E-state index is 10.8. The molecule has 5 heteroatoms. The van der Waals surface area contributed by atoms with Crippen molar-refractivity contribution in [2.75, 3.05) is 14.2 Å². The first-order valence-electron chi connectivity index (χ1n) is 6.83. The van der Waals surface area contributed by atoms with Gasteiger partial charge in [-0.25, -0.2) is 0 Å². The van der Waals surface area contributed by atoms with Crippen molar-refractivity contribution in [3.8, 4) is 11.5 Å². The van der Waals surface area contributed by atoms with Gasteiger partial charge in [0.05, 0.1) is 25.6 Å². The second kappa shape index (κ2) is 6.54. The minimum Gasteiger partial charge on any atom is -0.497 e. The lowest BCUT2D eigenvalue weighted by molar-refractivity contribution is 0.212. The van der Waals surface area contributed by atoms with Crippen molar-refractivity contribution in [1.82, 2.24) is 10.2 Å². The highest BCUT2D eigenvalue weighted by molar-refractivity contribution is 5.45. The summed E-state index contributed by atoms with van der Waals surface area (Å²) in [6.07, 6.45) is -0.134. The zero-order valence-corrected chi connectivity index (χ0v) is 12.8. The minimum atomic E-state index is -0.834. The molecule has 1 aromatic carbocycles. The van der Waals surface area contributed by atoms with Crippen LogP contribution in [-0.2, 0) is 6.42 Å². The van der Waals surface area contributed by atoms with Gasteiger partial charge in [-0.05, 0) is 37.6 Å². The van der Waals surface area contributed by atoms with Gasteiger partial charge in [-0.1, -0.05) is 6.92 Å². The van der Waals surface area contributed by atoms with Gasteiger partial charge in [0.25, 0.3) is 0 Å². The zero-order valence-electron chi connectivity index (χ0n) is 12.8. The molecule has 21 heavy (non-hydrogen) atoms. The number of hydrogen-bond donors (Lipinski definition) is 1. The van der Waals surface area contributed by atoms with Crippen LogP contribution in [-0.4, -0.2) is 29.5 Å². The molecule has 2 aromatic rings. The van der Waals surface area contributed by atoms with Gasteiger partial charge in [-0.3, -0.25) is 0 Å². The summed E-state index contributed by atoms with van der Waals surface area (Å²) >= 11 is 0. The van der Waals surface area contributed by atoms with Crippen LogP contribution >= 0.6 is 0 Å². The fourth-order valence-corrected chi connectivity index (χ4v) is 2.27. The molecule has 0 saturated carbocycles. The van der Waals surface area contributed by atoms with Gasteiger partial charge in [0, 0.05) is 11.1 Å². The molecule has 1 heterocycles. The van der Waals surface area contributed by atoms with Crippen LogP contribution < -0.4 is 9.47 Å². The summed E-state index contributed by atoms with van der Waals surface area (Å²) in [6.45, 7) is 3.84. The van der Waals surface area contributed by atoms with Crippen molar-refractivity contribution in [2.24, 2.45) is 0 Å². The molecule has 0 saturated heterocycles. The van der Waals surface area contributed by atoms with Gasteiger partial charge >= 0.3 is 0 Å². The van der Waals surface area contributed by atoms with E-state index < -0.39 is 6.10 Å². The van der Waals surface area contributed by atoms with Gasteiger partial charge in [0.2, 0.25) is 0 Å². The molecule has 5 nitrogen and oxygen atoms in total. The number of ether oxygens (including phenoxy) is 2. The molecule has 1 aromatic heterocycles. The van der Waals surface area contributed by atoms with Gasteiger partial charge in [-0.2, -0.15) is 10.2 Å². The SMILES string of the molecule is CCc1nnc(C)cc1C(O)c1cc(OC)ccc1OC. The van der Waals surface area contributed by atoms with Crippen LogP contribution in [0.15, 0.2) is 24.3 Å². The Morgan fingerprint density at radius 3 is 2.48 bits per heavy atom. The standard InChI is InChI=1S/C16H20N2O3/c1-5-14-12(8-10(2)17-18-14)16(19)13-9-11(20-3)6-7-15(13)21-4/h6-9,16,19H,5H2,1-4H3. The molecule has 0 aliphatic rings. The van der Waals surface area contributed by atoms with Crippen LogP contribution in [0.1, 0.15) is 35.5 Å². The van der Waals surface area contributed by atoms with Crippen molar-refractivity contribution in [2.45, 2.75) is 26.4 Å². The number of rotatable bonds is 5. The van der Waals surface area contributed by atoms with Crippen LogP contribution in [0, 0.1) is 6.92 Å². The van der Waals surface area contributed by atoms with E-state index >= 15 is 0 Å². The van der Waals surface area contributed by atoms with Crippen molar-refractivity contribution < 1.29 is 14.6 Å². The maximum absolute atomic E-state index is 10.8. The Morgan fingerprint density at radius 2 is 1.86 bits per heavy atom. The van der Waals surface area contributed by atoms with Crippen molar-refractivity contribution in [3.05, 3.63) is 46.8 Å². The fraction of sp³-hybridized carbons (Fsp3) is 0.375. The molecular formula is C16H20N2O3. The largest absolute Gasteiger partial charge is 0.497 e. The first kappa shape index (κ1) is 15.3. The zero-order chi connectivity index (χ0) is 15.4. The van der Waals surface area contributed by atoms with E-state index in [1.54, 1.807) is 32.4 Å². The average molecular weight is 288 g/mol. The maximum Gasteiger partial charge on any atom is 0.125 e. The summed E-state index contributed by atoms with van der Waals surface area (Å²) in [6, 6.07) is 7.21. The molecule has 0 aliphatic heterocycles. The monoisotopic (exact) mass is 288 g/mol. The Hall–Kier alpha value is -2.14. The minimum absolute atomic E-state index is 0.611. The Kier molecular flexibility index (Phi) is 4.75. The number of aromatic nitrogens is 2. The highest BCUT2D eigenvalue weighted by Gasteiger charge is 2.20. The van der Waals surface area contributed by atoms with Crippen LogP contribution in [0.3, 0.4) is 0 Å². The molecule has 112 valence electrons. The quantitative estimate of drug-likeness (QED) is 0.915. The Balaban J connectivity index is 2.53. The molecule has 0 aliphatic carbocycles. The predicted molar refractivity (Wildman–Crippen MR) is 79.8 cm³/mol. The van der Waals surface area contributed by atoms with E-state index in [1.165, 1.54) is 0 Å². The summed E-state index contributed by atoms with van der Waals surface area (Å²) in [7, 11) is 3.17. The van der Waals surface area contributed by atoms with Gasteiger partial charge in [-0.15, -0.1) is 0 Å². The Bertz CT molecular complexity index is 629. The molecule has 2 rings (SSSR count). The smallest absolute Gasteiger partial charge is 0.125 e. The average Bonchev–Trinajstić information content (AvgIpc) is 2.53. The first-order chi connectivity index (χ1) is 10.1. The third kappa shape index (κ3) is 3.13. The second-order valence-electron chi connectivity index (χ2n) is 4.75. The lowest BCUT2D eigenvalue weighted by atomic mass is 9.98. The normalized spacial score (nSPS) is 12.0. The number of aryl methyl sites for hydroxylation is 2. The number of aliphatic hydroxyl groups is 1. The van der Waals surface area contributed by atoms with Crippen molar-refractivity contribution in [3.63, 3.8) is 0 Å². The highest BCUT2D eigenvalue weighted by Crippen LogP contribution is 2.34. The number of nitrogens with zero attached hydrogens (tertiary/aromatic N) is 2. The van der Waals surface area contributed by atoms with Crippen molar-refractivity contribution in [1.29, 1.82) is 0 Å². The Labute approximate surface area is 124 Å². The van der Waals surface area contributed by atoms with Gasteiger partial charge in [0.15, 0.2) is 0 Å². The molecule has 0 radical (unpaired) electrons. The number of hydrogen-bond acceptors (Lipinski definition) is 5. The summed E-state index contributed by atoms with van der Waals surface area (Å²) in [4.78, 5) is 0. The van der Waals surface area contributed by atoms with E-state index in [2.05, 4.69) is 10.2 Å². The second-order valence-corrected chi connectivity index (χ2v) is 4.75. The molecule has 0 fully saturated rings. The predicted octanol–water partition coefficient (Wildman–Crippen LogP) is 2.45. The lowest BCUT2D eigenvalue weighted by Gasteiger charge is -2.18. The molecule has 0 amide bonds. The third-order valence-corrected chi connectivity index (χ3v) is 3.39. The van der Waals surface area contributed by atoms with E-state index in [4.69, 9.17) is 9.47 Å². The van der Waals surface area contributed by atoms with E-state index in [0.29, 0.717) is 23.5 Å². The third-order valence-electron chi connectivity index (χ3n) is 3.39. The molecule has 0 bridgehead atoms. The van der Waals surface area contributed by atoms with Crippen molar-refractivity contribution >= 4 is 0 Å². The van der Waals surface area contributed by atoms with Crippen LogP contribution in [0.2, 0.25) is 0 Å². The highest BCUT2D eigenvalue weighted by atomic mass is 16.5. The Morgan fingerprint density at radius 1 is 1.10 bits per heavy atom. The summed E-state index contributed by atoms with van der Waals surface area (Å²) in [5.74, 6) is 1.28. The molecular weight excluding hydrogens is 268 g/mol. The van der Waals surface area contributed by atoms with E-state index in [-0.39, 0.29) is 0 Å². The van der Waals surface area contributed by atoms with Gasteiger partial charge < -0.3 is 14.6 Å². The van der Waals surface area contributed by atoms with Crippen LogP contribution in [0.25, 0.3) is 0 Å².